The molecule has 1 aliphatic carbocycles. The number of benzene rings is 1. The highest BCUT2D eigenvalue weighted by Gasteiger charge is 2.23. The second-order valence-electron chi connectivity index (χ2n) is 8.59. The fraction of sp³-hybridized carbons (Fsp3) is 0.583. The van der Waals surface area contributed by atoms with Gasteiger partial charge < -0.3 is 14.7 Å². The molecule has 0 aromatic heterocycles. The summed E-state index contributed by atoms with van der Waals surface area (Å²) in [5.74, 6) is 0.0573. The van der Waals surface area contributed by atoms with Gasteiger partial charge in [0.15, 0.2) is 0 Å². The smallest absolute Gasteiger partial charge is 0.246 e. The van der Waals surface area contributed by atoms with E-state index in [1.807, 2.05) is 11.0 Å². The fourth-order valence-corrected chi connectivity index (χ4v) is 4.73. The summed E-state index contributed by atoms with van der Waals surface area (Å²) in [6.07, 6.45) is 11.3. The predicted octanol–water partition coefficient (Wildman–Crippen LogP) is 4.72. The zero-order valence-electron chi connectivity index (χ0n) is 18.4. The Bertz CT molecular complexity index is 793. The van der Waals surface area contributed by atoms with Gasteiger partial charge in [-0.2, -0.15) is 0 Å². The van der Waals surface area contributed by atoms with Crippen molar-refractivity contribution in [3.63, 3.8) is 0 Å². The summed E-state index contributed by atoms with van der Waals surface area (Å²) < 4.78 is 0. The molecule has 31 heavy (non-hydrogen) atoms. The fourth-order valence-electron chi connectivity index (χ4n) is 4.43. The highest BCUT2D eigenvalue weighted by atomic mass is 35.5. The number of carbonyl (C=O) groups excluding carboxylic acids is 2. The molecule has 0 N–H and O–H groups in total. The van der Waals surface area contributed by atoms with E-state index in [0.717, 1.165) is 25.1 Å². The van der Waals surface area contributed by atoms with Gasteiger partial charge in [-0.15, -0.1) is 0 Å². The average Bonchev–Trinajstić information content (AvgIpc) is 2.96. The lowest BCUT2D eigenvalue weighted by molar-refractivity contribution is -0.130. The normalized spacial score (nSPS) is 18.8. The van der Waals surface area contributed by atoms with Gasteiger partial charge in [0.1, 0.15) is 0 Å². The Morgan fingerprint density at radius 2 is 1.90 bits per heavy atom. The van der Waals surface area contributed by atoms with Crippen LogP contribution in [-0.2, 0) is 9.59 Å². The third kappa shape index (κ3) is 7.23. The minimum Gasteiger partial charge on any atom is -0.341 e. The third-order valence-corrected chi connectivity index (χ3v) is 7.14. The van der Waals surface area contributed by atoms with E-state index in [9.17, 15) is 9.59 Å². The number of hydrogen-bond donors (Lipinski definition) is 0. The van der Waals surface area contributed by atoms with Crippen LogP contribution >= 0.6 is 23.2 Å². The lowest BCUT2D eigenvalue weighted by Gasteiger charge is -2.31. The van der Waals surface area contributed by atoms with Crippen molar-refractivity contribution in [2.24, 2.45) is 0 Å². The number of amides is 2. The second-order valence-corrected chi connectivity index (χ2v) is 9.40. The van der Waals surface area contributed by atoms with Crippen molar-refractivity contribution < 1.29 is 9.59 Å². The number of halogens is 2. The molecule has 1 saturated carbocycles. The minimum absolute atomic E-state index is 0.0854. The molecule has 5 nitrogen and oxygen atoms in total. The van der Waals surface area contributed by atoms with E-state index in [4.69, 9.17) is 23.2 Å². The van der Waals surface area contributed by atoms with Gasteiger partial charge >= 0.3 is 0 Å². The first-order valence-electron chi connectivity index (χ1n) is 11.3. The predicted molar refractivity (Wildman–Crippen MR) is 127 cm³/mol. The highest BCUT2D eigenvalue weighted by molar-refractivity contribution is 6.42. The first kappa shape index (κ1) is 24.1. The molecule has 1 saturated heterocycles. The van der Waals surface area contributed by atoms with Crippen LogP contribution in [0.5, 0.6) is 0 Å². The average molecular weight is 466 g/mol. The Balaban J connectivity index is 1.45. The van der Waals surface area contributed by atoms with Gasteiger partial charge in [0, 0.05) is 44.7 Å². The Morgan fingerprint density at radius 1 is 1.13 bits per heavy atom. The summed E-state index contributed by atoms with van der Waals surface area (Å²) in [6.45, 7) is 3.40. The molecule has 0 unspecified atom stereocenters. The van der Waals surface area contributed by atoms with Crippen molar-refractivity contribution in [3.05, 3.63) is 39.9 Å². The number of rotatable bonds is 7. The van der Waals surface area contributed by atoms with Crippen LogP contribution in [-0.4, -0.2) is 72.3 Å². The first-order valence-corrected chi connectivity index (χ1v) is 12.1. The topological polar surface area (TPSA) is 43.9 Å². The molecule has 0 radical (unpaired) electrons. The summed E-state index contributed by atoms with van der Waals surface area (Å²) in [5, 5.41) is 0.947. The van der Waals surface area contributed by atoms with E-state index >= 15 is 0 Å². The van der Waals surface area contributed by atoms with E-state index in [1.165, 1.54) is 32.1 Å². The molecule has 0 spiro atoms. The largest absolute Gasteiger partial charge is 0.341 e. The van der Waals surface area contributed by atoms with Crippen LogP contribution in [0.15, 0.2) is 24.3 Å². The van der Waals surface area contributed by atoms with Crippen molar-refractivity contribution in [2.75, 3.05) is 39.8 Å². The number of nitrogens with zero attached hydrogens (tertiary/aromatic N) is 3. The standard InChI is InChI=1S/C24H33Cl2N3O2/c1-27(20-6-3-2-4-7-20)13-5-14-28-16-17-29(15-12-24(28)31)23(30)11-9-19-8-10-21(25)22(26)18-19/h8-11,18,20H,2-7,12-17H2,1H3/b11-9+. The molecule has 1 aromatic carbocycles. The number of hydrogen-bond acceptors (Lipinski definition) is 3. The van der Waals surface area contributed by atoms with Crippen molar-refractivity contribution in [1.29, 1.82) is 0 Å². The van der Waals surface area contributed by atoms with Crippen molar-refractivity contribution in [2.45, 2.75) is 51.0 Å². The zero-order valence-corrected chi connectivity index (χ0v) is 19.9. The zero-order chi connectivity index (χ0) is 22.2. The van der Waals surface area contributed by atoms with Gasteiger partial charge in [-0.3, -0.25) is 9.59 Å². The minimum atomic E-state index is -0.0854. The molecule has 3 rings (SSSR count). The van der Waals surface area contributed by atoms with Crippen LogP contribution in [0.25, 0.3) is 6.08 Å². The van der Waals surface area contributed by atoms with Gasteiger partial charge in [-0.05, 0) is 56.6 Å². The van der Waals surface area contributed by atoms with E-state index in [0.29, 0.717) is 42.1 Å². The second kappa shape index (κ2) is 11.9. The van der Waals surface area contributed by atoms with Crippen LogP contribution in [0.3, 0.4) is 0 Å². The highest BCUT2D eigenvalue weighted by Crippen LogP contribution is 2.23. The lowest BCUT2D eigenvalue weighted by atomic mass is 9.94. The molecular formula is C24H33Cl2N3O2. The number of carbonyl (C=O) groups is 2. The first-order chi connectivity index (χ1) is 14.9. The molecule has 2 amide bonds. The Labute approximate surface area is 196 Å². The van der Waals surface area contributed by atoms with Crippen LogP contribution in [0.4, 0.5) is 0 Å². The van der Waals surface area contributed by atoms with Crippen LogP contribution in [0.2, 0.25) is 10.0 Å². The summed E-state index contributed by atoms with van der Waals surface area (Å²) >= 11 is 12.0. The van der Waals surface area contributed by atoms with Gasteiger partial charge in [0.25, 0.3) is 0 Å². The Kier molecular flexibility index (Phi) is 9.24. The summed E-state index contributed by atoms with van der Waals surface area (Å²) in [6, 6.07) is 5.95. The molecule has 0 bridgehead atoms. The van der Waals surface area contributed by atoms with Crippen LogP contribution < -0.4 is 0 Å². The van der Waals surface area contributed by atoms with E-state index in [-0.39, 0.29) is 11.8 Å². The third-order valence-electron chi connectivity index (χ3n) is 6.40. The molecule has 2 fully saturated rings. The van der Waals surface area contributed by atoms with Crippen molar-refractivity contribution in [1.82, 2.24) is 14.7 Å². The monoisotopic (exact) mass is 465 g/mol. The van der Waals surface area contributed by atoms with Gasteiger partial charge in [0.05, 0.1) is 10.0 Å². The molecule has 7 heteroatoms. The maximum atomic E-state index is 12.6. The Morgan fingerprint density at radius 3 is 2.65 bits per heavy atom. The van der Waals surface area contributed by atoms with Crippen LogP contribution in [0, 0.1) is 0 Å². The Hall–Kier alpha value is -1.56. The van der Waals surface area contributed by atoms with Crippen LogP contribution in [0.1, 0.15) is 50.5 Å². The van der Waals surface area contributed by atoms with Crippen molar-refractivity contribution in [3.8, 4) is 0 Å². The quantitative estimate of drug-likeness (QED) is 0.547. The molecule has 1 aliphatic heterocycles. The SMILES string of the molecule is CN(CCCN1CCN(C(=O)/C=C/c2ccc(Cl)c(Cl)c2)CCC1=O)C1CCCCC1. The molecule has 170 valence electrons. The molecular weight excluding hydrogens is 433 g/mol. The summed E-state index contributed by atoms with van der Waals surface area (Å²) in [4.78, 5) is 31.3. The van der Waals surface area contributed by atoms with Gasteiger partial charge in [0.2, 0.25) is 11.8 Å². The summed E-state index contributed by atoms with van der Waals surface area (Å²) in [5.41, 5.74) is 0.817. The molecule has 2 aliphatic rings. The van der Waals surface area contributed by atoms with Gasteiger partial charge in [-0.25, -0.2) is 0 Å². The maximum absolute atomic E-state index is 12.6. The van der Waals surface area contributed by atoms with E-state index < -0.39 is 0 Å². The lowest BCUT2D eigenvalue weighted by Crippen LogP contribution is -2.38. The van der Waals surface area contributed by atoms with Crippen molar-refractivity contribution >= 4 is 41.1 Å². The maximum Gasteiger partial charge on any atom is 0.246 e. The molecule has 1 aromatic rings. The summed E-state index contributed by atoms with van der Waals surface area (Å²) in [7, 11) is 2.21. The van der Waals surface area contributed by atoms with E-state index in [2.05, 4.69) is 11.9 Å². The van der Waals surface area contributed by atoms with E-state index in [1.54, 1.807) is 29.2 Å². The van der Waals surface area contributed by atoms with Gasteiger partial charge in [-0.1, -0.05) is 48.5 Å². The molecule has 1 heterocycles. The molecule has 0 atom stereocenters.